The van der Waals surface area contributed by atoms with Gasteiger partial charge in [0.2, 0.25) is 0 Å². The molecule has 0 radical (unpaired) electrons. The van der Waals surface area contributed by atoms with Crippen LogP contribution in [0.5, 0.6) is 0 Å². The molecular weight excluding hydrogens is 216 g/mol. The number of rotatable bonds is 2. The molecule has 0 atom stereocenters. The van der Waals surface area contributed by atoms with Gasteiger partial charge in [0.1, 0.15) is 11.6 Å². The van der Waals surface area contributed by atoms with Crippen LogP contribution in [0, 0.1) is 11.3 Å². The van der Waals surface area contributed by atoms with Crippen LogP contribution in [0.1, 0.15) is 27.7 Å². The third kappa shape index (κ3) is 3.18. The fourth-order valence-corrected chi connectivity index (χ4v) is 1.38. The molecule has 1 amide bonds. The summed E-state index contributed by atoms with van der Waals surface area (Å²) >= 11 is 0. The number of allylic oxidation sites excluding steroid dienone is 2. The van der Waals surface area contributed by atoms with E-state index in [4.69, 9.17) is 5.26 Å². The summed E-state index contributed by atoms with van der Waals surface area (Å²) in [5, 5.41) is 14.8. The molecule has 0 saturated heterocycles. The van der Waals surface area contributed by atoms with Crippen molar-refractivity contribution in [2.24, 2.45) is 4.99 Å². The summed E-state index contributed by atoms with van der Waals surface area (Å²) in [6.07, 6.45) is 1.66. The lowest BCUT2D eigenvalue weighted by Gasteiger charge is -2.17. The van der Waals surface area contributed by atoms with E-state index in [-0.39, 0.29) is 17.5 Å². The van der Waals surface area contributed by atoms with Gasteiger partial charge in [0.15, 0.2) is 0 Å². The fourth-order valence-electron chi connectivity index (χ4n) is 1.38. The molecule has 2 N–H and O–H groups in total. The number of carbonyl (C=O) groups excluding carboxylic acids is 1. The van der Waals surface area contributed by atoms with Crippen molar-refractivity contribution in [3.63, 3.8) is 0 Å². The van der Waals surface area contributed by atoms with E-state index in [1.54, 1.807) is 13.1 Å². The first-order chi connectivity index (χ1) is 7.95. The lowest BCUT2D eigenvalue weighted by molar-refractivity contribution is -0.117. The largest absolute Gasteiger partial charge is 0.355 e. The Labute approximate surface area is 101 Å². The zero-order chi connectivity index (χ0) is 13.0. The average Bonchev–Trinajstić information content (AvgIpc) is 2.23. The molecule has 0 bridgehead atoms. The van der Waals surface area contributed by atoms with Crippen LogP contribution in [0.15, 0.2) is 28.2 Å². The number of nitriles is 1. The molecule has 0 fully saturated rings. The highest BCUT2D eigenvalue weighted by atomic mass is 16.1. The summed E-state index contributed by atoms with van der Waals surface area (Å²) < 4.78 is 0. The summed E-state index contributed by atoms with van der Waals surface area (Å²) in [6, 6.07) is 1.91. The molecule has 0 aromatic carbocycles. The molecular formula is C12H16N4O. The Bertz CT molecular complexity index is 463. The molecule has 1 heterocycles. The van der Waals surface area contributed by atoms with Gasteiger partial charge in [-0.15, -0.1) is 0 Å². The molecule has 0 saturated carbocycles. The number of nitrogens with zero attached hydrogens (tertiary/aromatic N) is 2. The Morgan fingerprint density at radius 3 is 2.71 bits per heavy atom. The van der Waals surface area contributed by atoms with Gasteiger partial charge in [0.05, 0.1) is 11.4 Å². The normalized spacial score (nSPS) is 17.6. The van der Waals surface area contributed by atoms with Gasteiger partial charge in [-0.3, -0.25) is 9.79 Å². The predicted octanol–water partition coefficient (Wildman–Crippen LogP) is 1.21. The molecule has 17 heavy (non-hydrogen) atoms. The predicted molar refractivity (Wildman–Crippen MR) is 65.9 cm³/mol. The highest BCUT2D eigenvalue weighted by Gasteiger charge is 2.19. The molecule has 0 unspecified atom stereocenters. The average molecular weight is 232 g/mol. The van der Waals surface area contributed by atoms with Crippen LogP contribution in [0.4, 0.5) is 0 Å². The second-order valence-corrected chi connectivity index (χ2v) is 4.14. The van der Waals surface area contributed by atoms with Crippen molar-refractivity contribution in [2.45, 2.75) is 33.7 Å². The van der Waals surface area contributed by atoms with Gasteiger partial charge in [-0.05, 0) is 27.7 Å². The molecule has 5 nitrogen and oxygen atoms in total. The van der Waals surface area contributed by atoms with E-state index in [0.717, 1.165) is 5.70 Å². The van der Waals surface area contributed by atoms with E-state index >= 15 is 0 Å². The van der Waals surface area contributed by atoms with E-state index in [2.05, 4.69) is 15.6 Å². The van der Waals surface area contributed by atoms with E-state index in [0.29, 0.717) is 11.4 Å². The quantitative estimate of drug-likeness (QED) is 0.555. The molecule has 1 aliphatic heterocycles. The first kappa shape index (κ1) is 13.0. The summed E-state index contributed by atoms with van der Waals surface area (Å²) in [5.74, 6) is -0.380. The van der Waals surface area contributed by atoms with E-state index < -0.39 is 0 Å². The molecule has 0 aromatic heterocycles. The van der Waals surface area contributed by atoms with Crippen molar-refractivity contribution >= 4 is 11.6 Å². The van der Waals surface area contributed by atoms with Crippen LogP contribution >= 0.6 is 0 Å². The van der Waals surface area contributed by atoms with Crippen molar-refractivity contribution in [1.82, 2.24) is 10.6 Å². The second kappa shape index (κ2) is 5.30. The fraction of sp³-hybridized carbons (Fsp3) is 0.417. The second-order valence-electron chi connectivity index (χ2n) is 4.14. The third-order valence-corrected chi connectivity index (χ3v) is 2.14. The standard InChI is InChI=1S/C12H16N4O/c1-7(2)15-12(17)10(5-13)11-9(4)14-6-8(3)16-11/h6-7,16H,1-4H3,(H,15,17)/b11-10+. The minimum absolute atomic E-state index is 0.0103. The summed E-state index contributed by atoms with van der Waals surface area (Å²) in [5.41, 5.74) is 1.97. The molecule has 0 aliphatic carbocycles. The maximum absolute atomic E-state index is 11.8. The number of carbonyl (C=O) groups is 1. The van der Waals surface area contributed by atoms with Crippen molar-refractivity contribution in [3.05, 3.63) is 23.2 Å². The van der Waals surface area contributed by atoms with Crippen molar-refractivity contribution in [3.8, 4) is 6.07 Å². The van der Waals surface area contributed by atoms with Crippen LogP contribution in [-0.2, 0) is 4.79 Å². The van der Waals surface area contributed by atoms with Gasteiger partial charge < -0.3 is 10.6 Å². The van der Waals surface area contributed by atoms with Crippen LogP contribution in [0.25, 0.3) is 0 Å². The highest BCUT2D eigenvalue weighted by molar-refractivity contribution is 6.09. The minimum Gasteiger partial charge on any atom is -0.355 e. The van der Waals surface area contributed by atoms with Gasteiger partial charge in [0.25, 0.3) is 5.91 Å². The summed E-state index contributed by atoms with van der Waals surface area (Å²) in [7, 11) is 0. The Kier molecular flexibility index (Phi) is 4.05. The summed E-state index contributed by atoms with van der Waals surface area (Å²) in [4.78, 5) is 16.0. The van der Waals surface area contributed by atoms with Gasteiger partial charge in [0, 0.05) is 17.9 Å². The lowest BCUT2D eigenvalue weighted by Crippen LogP contribution is -2.34. The maximum atomic E-state index is 11.8. The van der Waals surface area contributed by atoms with E-state index in [1.165, 1.54) is 0 Å². The Hall–Kier alpha value is -2.09. The topological polar surface area (TPSA) is 77.3 Å². The Morgan fingerprint density at radius 1 is 1.53 bits per heavy atom. The van der Waals surface area contributed by atoms with E-state index in [1.807, 2.05) is 26.8 Å². The minimum atomic E-state index is -0.380. The van der Waals surface area contributed by atoms with Gasteiger partial charge in [-0.25, -0.2) is 0 Å². The SMILES string of the molecule is CC1=CN=C(C)/C(=C(/C#N)C(=O)NC(C)C)N1. The highest BCUT2D eigenvalue weighted by Crippen LogP contribution is 2.11. The molecule has 5 heteroatoms. The first-order valence-corrected chi connectivity index (χ1v) is 5.39. The van der Waals surface area contributed by atoms with Crippen LogP contribution in [0.2, 0.25) is 0 Å². The number of hydrogen-bond acceptors (Lipinski definition) is 4. The number of nitrogens with one attached hydrogen (secondary N) is 2. The van der Waals surface area contributed by atoms with Gasteiger partial charge in [-0.2, -0.15) is 5.26 Å². The third-order valence-electron chi connectivity index (χ3n) is 2.14. The van der Waals surface area contributed by atoms with Gasteiger partial charge in [-0.1, -0.05) is 0 Å². The van der Waals surface area contributed by atoms with Crippen molar-refractivity contribution in [2.75, 3.05) is 0 Å². The van der Waals surface area contributed by atoms with Crippen LogP contribution in [-0.4, -0.2) is 17.7 Å². The summed E-state index contributed by atoms with van der Waals surface area (Å²) in [6.45, 7) is 7.27. The Morgan fingerprint density at radius 2 is 2.18 bits per heavy atom. The lowest BCUT2D eigenvalue weighted by atomic mass is 10.1. The van der Waals surface area contributed by atoms with E-state index in [9.17, 15) is 4.79 Å². The van der Waals surface area contributed by atoms with Crippen LogP contribution < -0.4 is 10.6 Å². The molecule has 1 aliphatic rings. The first-order valence-electron chi connectivity index (χ1n) is 5.39. The number of hydrogen-bond donors (Lipinski definition) is 2. The van der Waals surface area contributed by atoms with Crippen molar-refractivity contribution < 1.29 is 4.79 Å². The number of aliphatic imine (C=N–C) groups is 1. The van der Waals surface area contributed by atoms with Crippen LogP contribution in [0.3, 0.4) is 0 Å². The smallest absolute Gasteiger partial charge is 0.264 e. The zero-order valence-electron chi connectivity index (χ0n) is 10.5. The number of amides is 1. The molecule has 90 valence electrons. The molecule has 0 spiro atoms. The van der Waals surface area contributed by atoms with Gasteiger partial charge >= 0.3 is 0 Å². The molecule has 1 rings (SSSR count). The maximum Gasteiger partial charge on any atom is 0.264 e. The molecule has 0 aromatic rings. The Balaban J connectivity index is 3.09. The monoisotopic (exact) mass is 232 g/mol. The van der Waals surface area contributed by atoms with Crippen molar-refractivity contribution in [1.29, 1.82) is 5.26 Å². The zero-order valence-corrected chi connectivity index (χ0v) is 10.5.